The molecule has 0 aromatic carbocycles. The van der Waals surface area contributed by atoms with Crippen LogP contribution in [0.25, 0.3) is 0 Å². The van der Waals surface area contributed by atoms with Crippen molar-refractivity contribution in [3.63, 3.8) is 0 Å². The topological polar surface area (TPSA) is 76.1 Å². The third-order valence-corrected chi connectivity index (χ3v) is 14.6. The highest BCUT2D eigenvalue weighted by molar-refractivity contribution is 6.74. The van der Waals surface area contributed by atoms with Crippen molar-refractivity contribution in [1.29, 1.82) is 0 Å². The van der Waals surface area contributed by atoms with Crippen molar-refractivity contribution in [3.05, 3.63) is 34.9 Å². The van der Waals surface area contributed by atoms with Gasteiger partial charge in [-0.1, -0.05) is 63.9 Å². The molecule has 1 spiro atoms. The molecule has 6 nitrogen and oxygen atoms in total. The van der Waals surface area contributed by atoms with Crippen molar-refractivity contribution in [3.8, 4) is 0 Å². The van der Waals surface area contributed by atoms with Gasteiger partial charge < -0.3 is 19.2 Å². The molecule has 0 radical (unpaired) electrons. The van der Waals surface area contributed by atoms with Crippen LogP contribution >= 0.6 is 11.6 Å². The highest BCUT2D eigenvalue weighted by Gasteiger charge is 2.58. The molecule has 1 amide bonds. The van der Waals surface area contributed by atoms with E-state index in [2.05, 4.69) is 33.9 Å². The van der Waals surface area contributed by atoms with E-state index in [4.69, 9.17) is 20.8 Å². The molecule has 1 aliphatic heterocycles. The Hall–Kier alpha value is -1.62. The Morgan fingerprint density at radius 1 is 1.14 bits per heavy atom. The molecule has 0 aromatic rings. The maximum atomic E-state index is 14.0. The van der Waals surface area contributed by atoms with Gasteiger partial charge in [0.1, 0.15) is 0 Å². The number of amides is 1. The lowest BCUT2D eigenvalue weighted by Gasteiger charge is -2.54. The summed E-state index contributed by atoms with van der Waals surface area (Å²) in [6, 6.07) is -0.681. The summed E-state index contributed by atoms with van der Waals surface area (Å²) in [7, 11) is -1.91. The number of ether oxygens (including phenoxy) is 1. The zero-order valence-electron chi connectivity index (χ0n) is 27.7. The Kier molecular flexibility index (Phi) is 13.8. The average Bonchev–Trinajstić information content (AvgIpc) is 3.32. The van der Waals surface area contributed by atoms with Gasteiger partial charge in [-0.15, -0.1) is 0 Å². The molecule has 2 aliphatic rings. The molecular weight excluding hydrogens is 611 g/mol. The Labute approximate surface area is 268 Å². The molecule has 1 aliphatic carbocycles. The van der Waals surface area contributed by atoms with Crippen molar-refractivity contribution in [2.45, 2.75) is 135 Å². The highest BCUT2D eigenvalue weighted by atomic mass is 35.5. The maximum Gasteiger partial charge on any atom is 0.471 e. The van der Waals surface area contributed by atoms with E-state index in [9.17, 15) is 27.9 Å². The number of nitrogens with zero attached hydrogens (tertiary/aromatic N) is 1. The van der Waals surface area contributed by atoms with Crippen LogP contribution in [0.1, 0.15) is 92.9 Å². The fourth-order valence-corrected chi connectivity index (χ4v) is 7.69. The summed E-state index contributed by atoms with van der Waals surface area (Å²) in [5.41, 5.74) is -0.637. The molecule has 1 heterocycles. The first-order chi connectivity index (χ1) is 20.3. The number of hydrogen-bond acceptors (Lipinski definition) is 5. The van der Waals surface area contributed by atoms with Crippen molar-refractivity contribution in [1.82, 2.24) is 4.90 Å². The molecule has 1 saturated heterocycles. The van der Waals surface area contributed by atoms with Gasteiger partial charge in [0.25, 0.3) is 0 Å². The SMILES string of the molecule is CCOC(=O)/C(C)=C/C[C@H]1CCC[C@]2(CCC[C@@H]2[C@@H](C)/C=C/C(O)/C=C(\Cl)CCO[Si](C)(C)C(C)(C)C)N1C(=O)C(F)(F)F. The quantitative estimate of drug-likeness (QED) is 0.0981. The summed E-state index contributed by atoms with van der Waals surface area (Å²) in [6.45, 7) is 16.7. The van der Waals surface area contributed by atoms with Gasteiger partial charge in [0.15, 0.2) is 8.32 Å². The number of halogens is 4. The predicted molar refractivity (Wildman–Crippen MR) is 172 cm³/mol. The van der Waals surface area contributed by atoms with Gasteiger partial charge in [0, 0.05) is 35.2 Å². The van der Waals surface area contributed by atoms with Crippen molar-refractivity contribution in [2.24, 2.45) is 11.8 Å². The summed E-state index contributed by atoms with van der Waals surface area (Å²) in [5.74, 6) is -2.74. The monoisotopic (exact) mass is 663 g/mol. The number of piperidine rings is 1. The lowest BCUT2D eigenvalue weighted by atomic mass is 9.70. The normalized spacial score (nSPS) is 25.5. The number of aliphatic hydroxyl groups is 1. The van der Waals surface area contributed by atoms with Crippen LogP contribution in [-0.4, -0.2) is 67.3 Å². The van der Waals surface area contributed by atoms with Gasteiger partial charge in [-0.25, -0.2) is 4.79 Å². The minimum Gasteiger partial charge on any atom is -0.463 e. The van der Waals surface area contributed by atoms with E-state index in [0.717, 1.165) is 4.90 Å². The molecule has 0 aromatic heterocycles. The summed E-state index contributed by atoms with van der Waals surface area (Å²) in [6.07, 6.45) is 4.70. The summed E-state index contributed by atoms with van der Waals surface area (Å²) in [5, 5.41) is 11.2. The summed E-state index contributed by atoms with van der Waals surface area (Å²) in [4.78, 5) is 26.3. The number of carbonyl (C=O) groups excluding carboxylic acids is 2. The predicted octanol–water partition coefficient (Wildman–Crippen LogP) is 8.46. The van der Waals surface area contributed by atoms with E-state index in [1.807, 2.05) is 13.0 Å². The van der Waals surface area contributed by atoms with E-state index in [1.165, 1.54) is 0 Å². The van der Waals surface area contributed by atoms with Crippen LogP contribution in [0.3, 0.4) is 0 Å². The molecule has 2 rings (SSSR count). The third kappa shape index (κ3) is 9.94. The first kappa shape index (κ1) is 38.6. The maximum absolute atomic E-state index is 14.0. The van der Waals surface area contributed by atoms with E-state index in [1.54, 1.807) is 32.1 Å². The van der Waals surface area contributed by atoms with Crippen molar-refractivity contribution < 1.29 is 37.0 Å². The van der Waals surface area contributed by atoms with E-state index < -0.39 is 44.1 Å². The van der Waals surface area contributed by atoms with Crippen LogP contribution < -0.4 is 0 Å². The zero-order valence-corrected chi connectivity index (χ0v) is 29.5. The smallest absolute Gasteiger partial charge is 0.463 e. The van der Waals surface area contributed by atoms with Crippen molar-refractivity contribution >= 4 is 31.8 Å². The number of rotatable bonds is 12. The zero-order chi connectivity index (χ0) is 33.5. The van der Waals surface area contributed by atoms with E-state index in [0.29, 0.717) is 62.2 Å². The van der Waals surface area contributed by atoms with Crippen molar-refractivity contribution in [2.75, 3.05) is 13.2 Å². The minimum absolute atomic E-state index is 0.0795. The van der Waals surface area contributed by atoms with Gasteiger partial charge in [-0.3, -0.25) is 4.79 Å². The Bertz CT molecular complexity index is 1080. The second kappa shape index (κ2) is 15.8. The van der Waals surface area contributed by atoms with Crippen LogP contribution in [0.2, 0.25) is 18.1 Å². The summed E-state index contributed by atoms with van der Waals surface area (Å²) >= 11 is 6.40. The van der Waals surface area contributed by atoms with Crippen LogP contribution in [0, 0.1) is 11.8 Å². The Balaban J connectivity index is 2.23. The molecule has 1 N–H and O–H groups in total. The Morgan fingerprint density at radius 3 is 2.32 bits per heavy atom. The number of likely N-dealkylation sites (tertiary alicyclic amines) is 1. The molecular formula is C33H53ClF3NO5Si. The number of hydrogen-bond donors (Lipinski definition) is 1. The van der Waals surface area contributed by atoms with E-state index >= 15 is 0 Å². The number of esters is 1. The first-order valence-electron chi connectivity index (χ1n) is 15.9. The average molecular weight is 664 g/mol. The first-order valence-corrected chi connectivity index (χ1v) is 19.2. The molecule has 2 fully saturated rings. The molecule has 1 saturated carbocycles. The lowest BCUT2D eigenvalue weighted by molar-refractivity contribution is -0.201. The molecule has 5 atom stereocenters. The number of allylic oxidation sites excluding steroid dienone is 1. The van der Waals surface area contributed by atoms with Gasteiger partial charge in [-0.05, 0) is 88.4 Å². The fourth-order valence-electron chi connectivity index (χ4n) is 6.44. The van der Waals surface area contributed by atoms with Crippen LogP contribution in [0.4, 0.5) is 13.2 Å². The molecule has 11 heteroatoms. The second-order valence-electron chi connectivity index (χ2n) is 13.9. The number of alkyl halides is 3. The largest absolute Gasteiger partial charge is 0.471 e. The van der Waals surface area contributed by atoms with Gasteiger partial charge >= 0.3 is 18.1 Å². The lowest BCUT2D eigenvalue weighted by Crippen LogP contribution is -2.64. The number of aliphatic hydroxyl groups excluding tert-OH is 1. The second-order valence-corrected chi connectivity index (χ2v) is 19.2. The molecule has 252 valence electrons. The van der Waals surface area contributed by atoms with Crippen LogP contribution in [-0.2, 0) is 18.8 Å². The fraction of sp³-hybridized carbons (Fsp3) is 0.758. The van der Waals surface area contributed by atoms with E-state index in [-0.39, 0.29) is 29.9 Å². The van der Waals surface area contributed by atoms with Crippen LogP contribution in [0.5, 0.6) is 0 Å². The van der Waals surface area contributed by atoms with Gasteiger partial charge in [0.2, 0.25) is 0 Å². The molecule has 0 bridgehead atoms. The molecule has 44 heavy (non-hydrogen) atoms. The number of carbonyl (C=O) groups is 2. The van der Waals surface area contributed by atoms with Gasteiger partial charge in [-0.2, -0.15) is 13.2 Å². The van der Waals surface area contributed by atoms with Gasteiger partial charge in [0.05, 0.1) is 12.7 Å². The molecule has 1 unspecified atom stereocenters. The minimum atomic E-state index is -5.01. The Morgan fingerprint density at radius 2 is 1.75 bits per heavy atom. The third-order valence-electron chi connectivity index (χ3n) is 9.77. The summed E-state index contributed by atoms with van der Waals surface area (Å²) < 4.78 is 53.3. The standard InChI is InChI=1S/C33H53ClF3NO5Si/c1-9-42-29(40)24(3)14-16-26-12-10-19-32(38(26)30(41)33(35,36)37)20-11-13-28(32)23(2)15-17-27(39)22-25(34)18-21-43-44(7,8)31(4,5)6/h14-15,17,22-23,26-28,39H,9-13,16,18-21H2,1-8H3/b17-15+,24-14+,25-22-/t23-,26+,27?,28+,32+/m0/s1. The highest BCUT2D eigenvalue weighted by Crippen LogP contribution is 2.52. The van der Waals surface area contributed by atoms with Crippen LogP contribution in [0.15, 0.2) is 34.9 Å².